The predicted molar refractivity (Wildman–Crippen MR) is 84.0 cm³/mol. The number of nitrogens with one attached hydrogen (secondary N) is 1. The van der Waals surface area contributed by atoms with Crippen molar-refractivity contribution in [3.63, 3.8) is 0 Å². The second-order valence-corrected chi connectivity index (χ2v) is 5.32. The highest BCUT2D eigenvalue weighted by molar-refractivity contribution is 5.96. The van der Waals surface area contributed by atoms with Gasteiger partial charge in [-0.15, -0.1) is 0 Å². The average molecular weight is 281 g/mol. The number of carbonyl (C=O) groups excluding carboxylic acids is 2. The van der Waals surface area contributed by atoms with Crippen molar-refractivity contribution in [3.8, 4) is 11.1 Å². The zero-order valence-electron chi connectivity index (χ0n) is 12.2. The number of rotatable bonds is 5. The van der Waals surface area contributed by atoms with Crippen LogP contribution in [0.5, 0.6) is 0 Å². The van der Waals surface area contributed by atoms with Gasteiger partial charge < -0.3 is 10.1 Å². The Morgan fingerprint density at radius 1 is 0.952 bits per heavy atom. The molecule has 21 heavy (non-hydrogen) atoms. The minimum absolute atomic E-state index is 0.0787. The molecule has 0 heterocycles. The molecule has 1 amide bonds. The Balaban J connectivity index is 2.12. The summed E-state index contributed by atoms with van der Waals surface area (Å²) < 4.78 is 0. The Labute approximate surface area is 125 Å². The fraction of sp³-hybridized carbons (Fsp3) is 0.222. The summed E-state index contributed by atoms with van der Waals surface area (Å²) >= 11 is 0. The number of aldehydes is 1. The quantitative estimate of drug-likeness (QED) is 0.855. The van der Waals surface area contributed by atoms with Crippen LogP contribution in [0.2, 0.25) is 0 Å². The second kappa shape index (κ2) is 6.84. The summed E-state index contributed by atoms with van der Waals surface area (Å²) in [4.78, 5) is 23.0. The molecule has 1 atom stereocenters. The van der Waals surface area contributed by atoms with Gasteiger partial charge in [0.05, 0.1) is 6.04 Å². The number of hydrogen-bond donors (Lipinski definition) is 1. The van der Waals surface area contributed by atoms with E-state index in [2.05, 4.69) is 5.32 Å². The monoisotopic (exact) mass is 281 g/mol. The highest BCUT2D eigenvalue weighted by Crippen LogP contribution is 2.19. The number of hydrogen-bond acceptors (Lipinski definition) is 2. The second-order valence-electron chi connectivity index (χ2n) is 5.32. The molecule has 2 aromatic rings. The van der Waals surface area contributed by atoms with Crippen molar-refractivity contribution in [2.45, 2.75) is 19.9 Å². The molecule has 0 saturated carbocycles. The van der Waals surface area contributed by atoms with Gasteiger partial charge in [-0.05, 0) is 29.2 Å². The maximum absolute atomic E-state index is 12.1. The molecule has 0 spiro atoms. The number of carbonyl (C=O) groups is 2. The van der Waals surface area contributed by atoms with Crippen LogP contribution < -0.4 is 5.32 Å². The molecule has 0 aromatic heterocycles. The standard InChI is InChI=1S/C18H19NO2/c1-13(2)17(12-20)19-18(21)16-10-8-15(9-11-16)14-6-4-3-5-7-14/h3-13,17H,1-2H3,(H,19,21). The molecule has 1 N–H and O–H groups in total. The average Bonchev–Trinajstić information content (AvgIpc) is 2.53. The van der Waals surface area contributed by atoms with Crippen LogP contribution in [-0.2, 0) is 4.79 Å². The molecule has 0 bridgehead atoms. The first kappa shape index (κ1) is 15.0. The Morgan fingerprint density at radius 3 is 2.05 bits per heavy atom. The van der Waals surface area contributed by atoms with E-state index in [-0.39, 0.29) is 11.8 Å². The molecular formula is C18H19NO2. The molecule has 0 aliphatic heterocycles. The largest absolute Gasteiger partial charge is 0.342 e. The molecule has 108 valence electrons. The molecule has 2 rings (SSSR count). The van der Waals surface area contributed by atoms with Crippen LogP contribution in [0.4, 0.5) is 0 Å². The maximum Gasteiger partial charge on any atom is 0.251 e. The van der Waals surface area contributed by atoms with Crippen molar-refractivity contribution in [3.05, 3.63) is 60.2 Å². The minimum Gasteiger partial charge on any atom is -0.342 e. The summed E-state index contributed by atoms with van der Waals surface area (Å²) in [6.07, 6.45) is 0.779. The van der Waals surface area contributed by atoms with Gasteiger partial charge in [-0.2, -0.15) is 0 Å². The minimum atomic E-state index is -0.453. The fourth-order valence-corrected chi connectivity index (χ4v) is 2.04. The Hall–Kier alpha value is -2.42. The summed E-state index contributed by atoms with van der Waals surface area (Å²) in [7, 11) is 0. The van der Waals surface area contributed by atoms with Crippen molar-refractivity contribution >= 4 is 12.2 Å². The Bertz CT molecular complexity index is 603. The summed E-state index contributed by atoms with van der Waals surface area (Å²) in [6.45, 7) is 3.80. The molecule has 2 aromatic carbocycles. The lowest BCUT2D eigenvalue weighted by Gasteiger charge is -2.16. The summed E-state index contributed by atoms with van der Waals surface area (Å²) in [5, 5.41) is 2.73. The molecule has 3 heteroatoms. The van der Waals surface area contributed by atoms with E-state index in [4.69, 9.17) is 0 Å². The van der Waals surface area contributed by atoms with E-state index >= 15 is 0 Å². The third-order valence-electron chi connectivity index (χ3n) is 3.42. The molecular weight excluding hydrogens is 262 g/mol. The topological polar surface area (TPSA) is 46.2 Å². The molecule has 1 unspecified atom stereocenters. The lowest BCUT2D eigenvalue weighted by atomic mass is 10.0. The first-order valence-corrected chi connectivity index (χ1v) is 7.03. The third kappa shape index (κ3) is 3.78. The van der Waals surface area contributed by atoms with Gasteiger partial charge >= 0.3 is 0 Å². The first-order chi connectivity index (χ1) is 10.1. The van der Waals surface area contributed by atoms with Gasteiger partial charge in [0.25, 0.3) is 5.91 Å². The van der Waals surface area contributed by atoms with Crippen LogP contribution in [0.3, 0.4) is 0 Å². The highest BCUT2D eigenvalue weighted by atomic mass is 16.2. The van der Waals surface area contributed by atoms with E-state index in [1.54, 1.807) is 12.1 Å². The van der Waals surface area contributed by atoms with Crippen LogP contribution >= 0.6 is 0 Å². The summed E-state index contributed by atoms with van der Waals surface area (Å²) in [5.74, 6) is -0.143. The molecule has 3 nitrogen and oxygen atoms in total. The third-order valence-corrected chi connectivity index (χ3v) is 3.42. The van der Waals surface area contributed by atoms with Crippen molar-refractivity contribution < 1.29 is 9.59 Å². The predicted octanol–water partition coefficient (Wildman–Crippen LogP) is 3.31. The number of benzene rings is 2. The van der Waals surface area contributed by atoms with Gasteiger partial charge in [-0.3, -0.25) is 4.79 Å². The van der Waals surface area contributed by atoms with Crippen LogP contribution in [-0.4, -0.2) is 18.2 Å². The lowest BCUT2D eigenvalue weighted by Crippen LogP contribution is -2.39. The zero-order valence-corrected chi connectivity index (χ0v) is 12.2. The van der Waals surface area contributed by atoms with E-state index in [0.717, 1.165) is 17.4 Å². The van der Waals surface area contributed by atoms with Gasteiger partial charge in [0, 0.05) is 5.56 Å². The van der Waals surface area contributed by atoms with E-state index in [1.165, 1.54) is 0 Å². The van der Waals surface area contributed by atoms with Crippen molar-refractivity contribution in [1.82, 2.24) is 5.32 Å². The van der Waals surface area contributed by atoms with Gasteiger partial charge in [0.15, 0.2) is 0 Å². The Morgan fingerprint density at radius 2 is 1.52 bits per heavy atom. The Kier molecular flexibility index (Phi) is 4.88. The number of amides is 1. The van der Waals surface area contributed by atoms with Crippen LogP contribution in [0.25, 0.3) is 11.1 Å². The van der Waals surface area contributed by atoms with Crippen molar-refractivity contribution in [1.29, 1.82) is 0 Å². The van der Waals surface area contributed by atoms with Gasteiger partial charge in [-0.1, -0.05) is 56.3 Å². The van der Waals surface area contributed by atoms with E-state index in [0.29, 0.717) is 5.56 Å². The highest BCUT2D eigenvalue weighted by Gasteiger charge is 2.16. The fourth-order valence-electron chi connectivity index (χ4n) is 2.04. The zero-order chi connectivity index (χ0) is 15.2. The van der Waals surface area contributed by atoms with Crippen LogP contribution in [0, 0.1) is 5.92 Å². The maximum atomic E-state index is 12.1. The SMILES string of the molecule is CC(C)C(C=O)NC(=O)c1ccc(-c2ccccc2)cc1. The molecule has 0 saturated heterocycles. The summed E-state index contributed by atoms with van der Waals surface area (Å²) in [6, 6.07) is 16.9. The molecule has 0 aliphatic rings. The smallest absolute Gasteiger partial charge is 0.251 e. The first-order valence-electron chi connectivity index (χ1n) is 7.03. The van der Waals surface area contributed by atoms with Crippen molar-refractivity contribution in [2.75, 3.05) is 0 Å². The van der Waals surface area contributed by atoms with Crippen molar-refractivity contribution in [2.24, 2.45) is 5.92 Å². The van der Waals surface area contributed by atoms with E-state index in [1.807, 2.05) is 56.3 Å². The van der Waals surface area contributed by atoms with E-state index in [9.17, 15) is 9.59 Å². The molecule has 0 fully saturated rings. The van der Waals surface area contributed by atoms with Gasteiger partial charge in [0.2, 0.25) is 0 Å². The summed E-state index contributed by atoms with van der Waals surface area (Å²) in [5.41, 5.74) is 2.72. The van der Waals surface area contributed by atoms with Crippen LogP contribution in [0.15, 0.2) is 54.6 Å². The molecule has 0 radical (unpaired) electrons. The van der Waals surface area contributed by atoms with E-state index < -0.39 is 6.04 Å². The molecule has 0 aliphatic carbocycles. The van der Waals surface area contributed by atoms with Crippen LogP contribution in [0.1, 0.15) is 24.2 Å². The van der Waals surface area contributed by atoms with Gasteiger partial charge in [-0.25, -0.2) is 0 Å². The van der Waals surface area contributed by atoms with Gasteiger partial charge in [0.1, 0.15) is 6.29 Å². The lowest BCUT2D eigenvalue weighted by molar-refractivity contribution is -0.110. The normalized spacial score (nSPS) is 12.0.